The minimum atomic E-state index is -0.323. The molecule has 2 fully saturated rings. The van der Waals surface area contributed by atoms with E-state index in [4.69, 9.17) is 16.3 Å². The maximum absolute atomic E-state index is 12.2. The second kappa shape index (κ2) is 13.1. The van der Waals surface area contributed by atoms with Crippen LogP contribution < -0.4 is 10.6 Å². The molecule has 30 heavy (non-hydrogen) atoms. The summed E-state index contributed by atoms with van der Waals surface area (Å²) in [5, 5.41) is 5.66. The van der Waals surface area contributed by atoms with Crippen LogP contribution in [0.2, 0.25) is 0 Å². The molecule has 2 bridgehead atoms. The Morgan fingerprint density at radius 1 is 1.10 bits per heavy atom. The average molecular weight is 441 g/mol. The maximum atomic E-state index is 12.2. The first-order valence-corrected chi connectivity index (χ1v) is 12.0. The van der Waals surface area contributed by atoms with Crippen molar-refractivity contribution in [2.75, 3.05) is 19.0 Å². The topological polar surface area (TPSA) is 84.5 Å². The lowest BCUT2D eigenvalue weighted by Crippen LogP contribution is -2.47. The molecule has 0 aromatic rings. The van der Waals surface area contributed by atoms with E-state index in [0.29, 0.717) is 25.3 Å². The smallest absolute Gasteiger partial charge is 0.239 e. The van der Waals surface area contributed by atoms with Gasteiger partial charge in [-0.15, -0.1) is 11.6 Å². The van der Waals surface area contributed by atoms with Gasteiger partial charge in [-0.3, -0.25) is 14.4 Å². The lowest BCUT2D eigenvalue weighted by molar-refractivity contribution is -0.126. The summed E-state index contributed by atoms with van der Waals surface area (Å²) in [7, 11) is 0. The largest absolute Gasteiger partial charge is 0.369 e. The molecule has 7 heteroatoms. The summed E-state index contributed by atoms with van der Waals surface area (Å²) in [5.74, 6) is 0.272. The number of allylic oxidation sites excluding steroid dienone is 1. The Hall–Kier alpha value is -1.40. The van der Waals surface area contributed by atoms with Crippen LogP contribution in [-0.4, -0.2) is 48.3 Å². The molecule has 0 saturated carbocycles. The first kappa shape index (κ1) is 24.9. The number of Topliss-reactive ketones (excluding diaryl/α,β-unsaturated/α-hetero) is 1. The molecule has 6 nitrogen and oxygen atoms in total. The number of carbonyl (C=O) groups is 3. The van der Waals surface area contributed by atoms with Gasteiger partial charge in [-0.2, -0.15) is 0 Å². The van der Waals surface area contributed by atoms with Crippen LogP contribution in [0, 0.1) is 5.92 Å². The van der Waals surface area contributed by atoms with Gasteiger partial charge in [0.15, 0.2) is 0 Å². The number of unbranched alkanes of at least 4 members (excludes halogenated alkanes) is 4. The number of fused-ring (bicyclic) bond motifs is 2. The molecular formula is C23H37ClN2O4. The number of hydrogen-bond acceptors (Lipinski definition) is 4. The van der Waals surface area contributed by atoms with E-state index in [2.05, 4.69) is 29.7 Å². The van der Waals surface area contributed by atoms with Gasteiger partial charge in [-0.25, -0.2) is 0 Å². The van der Waals surface area contributed by atoms with Crippen LogP contribution in [0.15, 0.2) is 12.2 Å². The summed E-state index contributed by atoms with van der Waals surface area (Å²) in [4.78, 5) is 35.2. The molecule has 0 aromatic heterocycles. The van der Waals surface area contributed by atoms with Gasteiger partial charge in [0.1, 0.15) is 5.78 Å². The first-order valence-electron chi connectivity index (χ1n) is 11.4. The van der Waals surface area contributed by atoms with Gasteiger partial charge in [-0.1, -0.05) is 31.9 Å². The Balaban J connectivity index is 1.70. The highest BCUT2D eigenvalue weighted by Gasteiger charge is 2.52. The molecule has 0 radical (unpaired) electrons. The van der Waals surface area contributed by atoms with Crippen molar-refractivity contribution in [3.8, 4) is 0 Å². The SMILES string of the molecule is CCCCCC(=O)NCC(=O)NC[C@@]12CC[C@@H](C[C@H]1C=CCCCCC(=O)CCl)O2. The number of amides is 2. The minimum Gasteiger partial charge on any atom is -0.369 e. The van der Waals surface area contributed by atoms with Crippen LogP contribution >= 0.6 is 11.6 Å². The van der Waals surface area contributed by atoms with Crippen LogP contribution in [0.1, 0.15) is 77.6 Å². The molecule has 2 aliphatic rings. The summed E-state index contributed by atoms with van der Waals surface area (Å²) < 4.78 is 6.23. The quantitative estimate of drug-likeness (QED) is 0.231. The van der Waals surface area contributed by atoms with Gasteiger partial charge in [0, 0.05) is 25.3 Å². The van der Waals surface area contributed by atoms with Gasteiger partial charge in [0.2, 0.25) is 11.8 Å². The highest BCUT2D eigenvalue weighted by atomic mass is 35.5. The third-order valence-electron chi connectivity index (χ3n) is 6.12. The number of ketones is 1. The van der Waals surface area contributed by atoms with Crippen molar-refractivity contribution in [1.82, 2.24) is 10.6 Å². The Labute approximate surface area is 185 Å². The average Bonchev–Trinajstić information content (AvgIpc) is 3.31. The van der Waals surface area contributed by atoms with Gasteiger partial charge in [0.05, 0.1) is 24.1 Å². The van der Waals surface area contributed by atoms with Gasteiger partial charge in [0.25, 0.3) is 0 Å². The molecule has 0 aliphatic carbocycles. The Morgan fingerprint density at radius 2 is 1.90 bits per heavy atom. The van der Waals surface area contributed by atoms with E-state index in [1.165, 1.54) is 0 Å². The zero-order valence-corrected chi connectivity index (χ0v) is 19.0. The number of ether oxygens (including phenoxy) is 1. The predicted molar refractivity (Wildman–Crippen MR) is 118 cm³/mol. The number of alkyl halides is 1. The van der Waals surface area contributed by atoms with Crippen LogP contribution in [-0.2, 0) is 19.1 Å². The van der Waals surface area contributed by atoms with Gasteiger partial charge >= 0.3 is 0 Å². The van der Waals surface area contributed by atoms with Crippen molar-refractivity contribution >= 4 is 29.2 Å². The summed E-state index contributed by atoms with van der Waals surface area (Å²) >= 11 is 5.51. The van der Waals surface area contributed by atoms with Crippen molar-refractivity contribution in [2.24, 2.45) is 5.92 Å². The Kier molecular flexibility index (Phi) is 10.9. The molecule has 2 N–H and O–H groups in total. The second-order valence-corrected chi connectivity index (χ2v) is 8.81. The molecule has 170 valence electrons. The van der Waals surface area contributed by atoms with Crippen molar-refractivity contribution in [1.29, 1.82) is 0 Å². The summed E-state index contributed by atoms with van der Waals surface area (Å²) in [6, 6.07) is 0. The standard InChI is InChI=1S/C23H37ClN2O4/c1-2-3-6-11-21(28)25-16-22(29)26-17-23-13-12-20(30-23)14-18(23)9-7-4-5-8-10-19(27)15-24/h7,9,18,20H,2-6,8,10-17H2,1H3,(H,25,28)(H,26,29)/t18-,20+,23+/m1/s1. The van der Waals surface area contributed by atoms with E-state index in [1.807, 2.05) is 0 Å². The second-order valence-electron chi connectivity index (χ2n) is 8.54. The number of halogens is 1. The van der Waals surface area contributed by atoms with Gasteiger partial charge < -0.3 is 15.4 Å². The zero-order chi connectivity index (χ0) is 21.8. The predicted octanol–water partition coefficient (Wildman–Crippen LogP) is 3.66. The summed E-state index contributed by atoms with van der Waals surface area (Å²) in [6.45, 7) is 2.59. The molecule has 0 aromatic carbocycles. The zero-order valence-electron chi connectivity index (χ0n) is 18.2. The number of nitrogens with one attached hydrogen (secondary N) is 2. The maximum Gasteiger partial charge on any atom is 0.239 e. The molecule has 2 saturated heterocycles. The van der Waals surface area contributed by atoms with Crippen molar-refractivity contribution in [2.45, 2.75) is 89.3 Å². The monoisotopic (exact) mass is 440 g/mol. The van der Waals surface area contributed by atoms with Crippen LogP contribution in [0.5, 0.6) is 0 Å². The molecule has 0 spiro atoms. The van der Waals surface area contributed by atoms with Crippen molar-refractivity contribution < 1.29 is 19.1 Å². The lowest BCUT2D eigenvalue weighted by atomic mass is 9.78. The molecule has 2 amide bonds. The van der Waals surface area contributed by atoms with Crippen LogP contribution in [0.3, 0.4) is 0 Å². The highest BCUT2D eigenvalue weighted by molar-refractivity contribution is 6.27. The third kappa shape index (κ3) is 8.03. The van der Waals surface area contributed by atoms with E-state index in [-0.39, 0.29) is 41.7 Å². The van der Waals surface area contributed by atoms with Crippen molar-refractivity contribution in [3.05, 3.63) is 12.2 Å². The number of carbonyl (C=O) groups excluding carboxylic acids is 3. The Morgan fingerprint density at radius 3 is 2.63 bits per heavy atom. The normalized spacial score (nSPS) is 25.0. The molecule has 2 rings (SSSR count). The molecular weight excluding hydrogens is 404 g/mol. The fraction of sp³-hybridized carbons (Fsp3) is 0.783. The van der Waals surface area contributed by atoms with E-state index in [1.54, 1.807) is 0 Å². The van der Waals surface area contributed by atoms with E-state index in [9.17, 15) is 14.4 Å². The van der Waals surface area contributed by atoms with E-state index < -0.39 is 0 Å². The fourth-order valence-corrected chi connectivity index (χ4v) is 4.47. The summed E-state index contributed by atoms with van der Waals surface area (Å²) in [6.07, 6.45) is 14.4. The highest BCUT2D eigenvalue weighted by Crippen LogP contribution is 2.48. The minimum absolute atomic E-state index is 0.0198. The van der Waals surface area contributed by atoms with Crippen molar-refractivity contribution in [3.63, 3.8) is 0 Å². The lowest BCUT2D eigenvalue weighted by Gasteiger charge is -2.31. The van der Waals surface area contributed by atoms with E-state index in [0.717, 1.165) is 57.8 Å². The van der Waals surface area contributed by atoms with Gasteiger partial charge in [-0.05, 0) is 44.9 Å². The first-order chi connectivity index (χ1) is 14.5. The van der Waals surface area contributed by atoms with E-state index >= 15 is 0 Å². The molecule has 3 atom stereocenters. The Bertz CT molecular complexity index is 610. The van der Waals surface area contributed by atoms with Crippen LogP contribution in [0.25, 0.3) is 0 Å². The molecule has 2 heterocycles. The fourth-order valence-electron chi connectivity index (χ4n) is 4.33. The van der Waals surface area contributed by atoms with Crippen LogP contribution in [0.4, 0.5) is 0 Å². The molecule has 2 aliphatic heterocycles. The third-order valence-corrected chi connectivity index (χ3v) is 6.41. The number of hydrogen-bond donors (Lipinski definition) is 2. The number of rotatable bonds is 15. The summed E-state index contributed by atoms with van der Waals surface area (Å²) in [5.41, 5.74) is -0.323. The molecule has 0 unspecified atom stereocenters.